The second-order valence-electron chi connectivity index (χ2n) is 7.76. The number of furan rings is 1. The zero-order chi connectivity index (χ0) is 19.2. The third-order valence-electron chi connectivity index (χ3n) is 6.00. The van der Waals surface area contributed by atoms with Gasteiger partial charge in [0.1, 0.15) is 11.0 Å². The van der Waals surface area contributed by atoms with Crippen molar-refractivity contribution in [2.45, 2.75) is 0 Å². The summed E-state index contributed by atoms with van der Waals surface area (Å²) in [7, 11) is 0. The van der Waals surface area contributed by atoms with Crippen LogP contribution in [-0.4, -0.2) is 0 Å². The molecule has 0 aliphatic heterocycles. The topological polar surface area (TPSA) is 13.1 Å². The molecule has 2 atom stereocenters. The molecule has 0 spiro atoms. The van der Waals surface area contributed by atoms with E-state index in [2.05, 4.69) is 97.1 Å². The molecule has 1 nitrogen and oxygen atoms in total. The molecule has 6 rings (SSSR count). The summed E-state index contributed by atoms with van der Waals surface area (Å²) in [5, 5.41) is 2.43. The molecule has 0 bridgehead atoms. The lowest BCUT2D eigenvalue weighted by atomic mass is 9.80. The van der Waals surface area contributed by atoms with Gasteiger partial charge in [0.05, 0.1) is 0 Å². The van der Waals surface area contributed by atoms with E-state index in [0.29, 0.717) is 11.8 Å². The van der Waals surface area contributed by atoms with Gasteiger partial charge < -0.3 is 4.42 Å². The first kappa shape index (κ1) is 16.4. The molecule has 0 saturated carbocycles. The second kappa shape index (κ2) is 6.49. The van der Waals surface area contributed by atoms with E-state index in [4.69, 9.17) is 4.42 Å². The van der Waals surface area contributed by atoms with Gasteiger partial charge in [-0.2, -0.15) is 0 Å². The summed E-state index contributed by atoms with van der Waals surface area (Å²) >= 11 is 0. The molecule has 0 amide bonds. The van der Waals surface area contributed by atoms with Crippen LogP contribution >= 0.6 is 0 Å². The number of rotatable bonds is 2. The van der Waals surface area contributed by atoms with Crippen molar-refractivity contribution >= 4 is 28.7 Å². The summed E-state index contributed by atoms with van der Waals surface area (Å²) in [6.07, 6.45) is 11.6. The Morgan fingerprint density at radius 3 is 2.28 bits per heavy atom. The van der Waals surface area contributed by atoms with E-state index >= 15 is 0 Å². The van der Waals surface area contributed by atoms with Crippen molar-refractivity contribution in [3.63, 3.8) is 0 Å². The van der Waals surface area contributed by atoms with Gasteiger partial charge >= 0.3 is 0 Å². The van der Waals surface area contributed by atoms with Crippen molar-refractivity contribution < 1.29 is 4.42 Å². The molecule has 0 saturated heterocycles. The molecule has 4 aromatic rings. The summed E-state index contributed by atoms with van der Waals surface area (Å²) in [5.41, 5.74) is 7.03. The van der Waals surface area contributed by atoms with Crippen molar-refractivity contribution in [3.8, 4) is 11.1 Å². The minimum atomic E-state index is 0.312. The number of allylic oxidation sites excluding steroid dienone is 4. The summed E-state index contributed by atoms with van der Waals surface area (Å²) in [6, 6.07) is 27.6. The Bertz CT molecular complexity index is 1400. The minimum Gasteiger partial charge on any atom is -0.456 e. The van der Waals surface area contributed by atoms with E-state index < -0.39 is 0 Å². The van der Waals surface area contributed by atoms with E-state index in [9.17, 15) is 0 Å². The number of benzene rings is 3. The molecule has 0 radical (unpaired) electrons. The Labute approximate surface area is 169 Å². The van der Waals surface area contributed by atoms with E-state index in [1.165, 1.54) is 32.9 Å². The molecule has 138 valence electrons. The molecule has 1 aromatic heterocycles. The molecular formula is C28H20O. The number of fused-ring (bicyclic) bond motifs is 4. The van der Waals surface area contributed by atoms with Gasteiger partial charge in [0.25, 0.3) is 0 Å². The van der Waals surface area contributed by atoms with Crippen molar-refractivity contribution in [2.24, 2.45) is 11.8 Å². The first-order chi connectivity index (χ1) is 14.4. The van der Waals surface area contributed by atoms with Crippen LogP contribution in [0.15, 0.2) is 102 Å². The quantitative estimate of drug-likeness (QED) is 0.449. The van der Waals surface area contributed by atoms with E-state index in [-0.39, 0.29) is 0 Å². The van der Waals surface area contributed by atoms with Crippen LogP contribution in [-0.2, 0) is 0 Å². The lowest BCUT2D eigenvalue weighted by Gasteiger charge is -2.24. The minimum absolute atomic E-state index is 0.312. The normalized spacial score (nSPS) is 19.7. The fourth-order valence-electron chi connectivity index (χ4n) is 4.57. The number of hydrogen-bond donors (Lipinski definition) is 0. The van der Waals surface area contributed by atoms with Crippen LogP contribution in [0.3, 0.4) is 0 Å². The molecule has 1 heterocycles. The third-order valence-corrected chi connectivity index (χ3v) is 6.00. The van der Waals surface area contributed by atoms with Crippen LogP contribution in [0.1, 0.15) is 5.56 Å². The number of hydrogen-bond acceptors (Lipinski definition) is 1. The van der Waals surface area contributed by atoms with Crippen molar-refractivity contribution in [1.29, 1.82) is 0 Å². The highest BCUT2D eigenvalue weighted by molar-refractivity contribution is 5.87. The SMILES string of the molecule is C1=CC2C=c3c(oc4ccccc34)=CC2C=C1c1ccccc1-c1ccccc1. The zero-order valence-corrected chi connectivity index (χ0v) is 16.0. The standard InChI is InChI=1S/C28H20O/c1-2-8-19(9-3-1)23-10-4-5-11-24(23)21-15-14-20-17-26-25-12-6-7-13-27(25)29-28(26)18-22(20)16-21/h1-18,20,22H. The van der Waals surface area contributed by atoms with Gasteiger partial charge in [-0.15, -0.1) is 0 Å². The first-order valence-electron chi connectivity index (χ1n) is 10.1. The molecule has 0 N–H and O–H groups in total. The average molecular weight is 372 g/mol. The Hall–Kier alpha value is -3.58. The maximum Gasteiger partial charge on any atom is 0.135 e. The van der Waals surface area contributed by atoms with Crippen LogP contribution < -0.4 is 10.6 Å². The van der Waals surface area contributed by atoms with Gasteiger partial charge in [-0.05, 0) is 34.4 Å². The van der Waals surface area contributed by atoms with Gasteiger partial charge in [-0.1, -0.05) is 97.1 Å². The second-order valence-corrected chi connectivity index (χ2v) is 7.76. The Morgan fingerprint density at radius 2 is 1.38 bits per heavy atom. The summed E-state index contributed by atoms with van der Waals surface area (Å²) in [5.74, 6) is 0.683. The molecule has 3 aromatic carbocycles. The van der Waals surface area contributed by atoms with Gasteiger partial charge in [-0.25, -0.2) is 0 Å². The van der Waals surface area contributed by atoms with Crippen LogP contribution in [0.25, 0.3) is 39.8 Å². The summed E-state index contributed by atoms with van der Waals surface area (Å²) in [4.78, 5) is 0. The van der Waals surface area contributed by atoms with Gasteiger partial charge in [-0.3, -0.25) is 0 Å². The molecule has 2 aliphatic rings. The fourth-order valence-corrected chi connectivity index (χ4v) is 4.57. The summed E-state index contributed by atoms with van der Waals surface area (Å²) in [6.45, 7) is 0. The molecule has 2 unspecified atom stereocenters. The highest BCUT2D eigenvalue weighted by atomic mass is 16.3. The highest BCUT2D eigenvalue weighted by Gasteiger charge is 2.23. The fraction of sp³-hybridized carbons (Fsp3) is 0.0714. The maximum absolute atomic E-state index is 6.13. The predicted octanol–water partition coefficient (Wildman–Crippen LogP) is 5.56. The highest BCUT2D eigenvalue weighted by Crippen LogP contribution is 2.36. The van der Waals surface area contributed by atoms with Gasteiger partial charge in [0, 0.05) is 22.4 Å². The zero-order valence-electron chi connectivity index (χ0n) is 16.0. The largest absolute Gasteiger partial charge is 0.456 e. The van der Waals surface area contributed by atoms with Crippen molar-refractivity contribution in [1.82, 2.24) is 0 Å². The van der Waals surface area contributed by atoms with Crippen molar-refractivity contribution in [2.75, 3.05) is 0 Å². The maximum atomic E-state index is 6.13. The van der Waals surface area contributed by atoms with E-state index in [1.807, 2.05) is 12.1 Å². The lowest BCUT2D eigenvalue weighted by Crippen LogP contribution is -2.30. The van der Waals surface area contributed by atoms with Gasteiger partial charge in [0.15, 0.2) is 0 Å². The molecular weight excluding hydrogens is 352 g/mol. The lowest BCUT2D eigenvalue weighted by molar-refractivity contribution is 0.561. The van der Waals surface area contributed by atoms with Crippen molar-refractivity contribution in [3.05, 3.63) is 113 Å². The van der Waals surface area contributed by atoms with Crippen LogP contribution in [0, 0.1) is 11.8 Å². The van der Waals surface area contributed by atoms with Crippen LogP contribution in [0.2, 0.25) is 0 Å². The third kappa shape index (κ3) is 2.70. The smallest absolute Gasteiger partial charge is 0.135 e. The molecule has 0 fully saturated rings. The molecule has 29 heavy (non-hydrogen) atoms. The molecule has 1 heteroatoms. The number of para-hydroxylation sites is 1. The van der Waals surface area contributed by atoms with Crippen LogP contribution in [0.4, 0.5) is 0 Å². The Balaban J connectivity index is 1.47. The first-order valence-corrected chi connectivity index (χ1v) is 10.1. The Kier molecular flexibility index (Phi) is 3.67. The van der Waals surface area contributed by atoms with Crippen LogP contribution in [0.5, 0.6) is 0 Å². The Morgan fingerprint density at radius 1 is 0.621 bits per heavy atom. The average Bonchev–Trinajstić information content (AvgIpc) is 3.15. The van der Waals surface area contributed by atoms with E-state index in [1.54, 1.807) is 0 Å². The summed E-state index contributed by atoms with van der Waals surface area (Å²) < 4.78 is 6.13. The molecule has 2 aliphatic carbocycles. The van der Waals surface area contributed by atoms with E-state index in [0.717, 1.165) is 11.0 Å². The monoisotopic (exact) mass is 372 g/mol. The van der Waals surface area contributed by atoms with Gasteiger partial charge in [0.2, 0.25) is 0 Å². The predicted molar refractivity (Wildman–Crippen MR) is 120 cm³/mol.